The van der Waals surface area contributed by atoms with E-state index >= 15 is 0 Å². The molecule has 1 aromatic carbocycles. The molecular weight excluding hydrogens is 378 g/mol. The van der Waals surface area contributed by atoms with Crippen LogP contribution in [0.25, 0.3) is 0 Å². The Morgan fingerprint density at radius 3 is 2.44 bits per heavy atom. The number of aliphatic hydroxyl groups excluding tert-OH is 1. The maximum Gasteiger partial charge on any atom is 0.210 e. The van der Waals surface area contributed by atoms with Crippen LogP contribution in [0.5, 0.6) is 0 Å². The lowest BCUT2D eigenvalue weighted by Gasteiger charge is -2.26. The summed E-state index contributed by atoms with van der Waals surface area (Å²) in [6, 6.07) is 6.24. The van der Waals surface area contributed by atoms with Crippen molar-refractivity contribution in [1.29, 1.82) is 0 Å². The molecule has 0 aliphatic carbocycles. The minimum absolute atomic E-state index is 0.0720. The molecule has 2 aliphatic heterocycles. The van der Waals surface area contributed by atoms with Crippen molar-refractivity contribution in [2.75, 3.05) is 12.3 Å². The predicted octanol–water partition coefficient (Wildman–Crippen LogP) is 0.899. The van der Waals surface area contributed by atoms with Crippen LogP contribution in [0.1, 0.15) is 19.4 Å². The zero-order chi connectivity index (χ0) is 20.0. The first-order valence-electron chi connectivity index (χ1n) is 8.59. The summed E-state index contributed by atoms with van der Waals surface area (Å²) in [5, 5.41) is 21.6. The third-order valence-corrected chi connectivity index (χ3v) is 6.57. The largest absolute Gasteiger partial charge is 0.387 e. The molecule has 0 bridgehead atoms. The number of sulfone groups is 1. The first-order chi connectivity index (χ1) is 12.5. The summed E-state index contributed by atoms with van der Waals surface area (Å²) in [6.07, 6.45) is -4.02. The number of hydrogen-bond acceptors (Lipinski definition) is 8. The average Bonchev–Trinajstić information content (AvgIpc) is 3.00. The molecule has 3 rings (SSSR count). The van der Waals surface area contributed by atoms with Crippen LogP contribution in [0.4, 0.5) is 0 Å². The number of ether oxygens (including phenoxy) is 3. The minimum Gasteiger partial charge on any atom is -0.387 e. The first-order valence-corrected chi connectivity index (χ1v) is 10.2. The number of aryl methyl sites for hydroxylation is 1. The molecule has 2 fully saturated rings. The highest BCUT2D eigenvalue weighted by Crippen LogP contribution is 2.40. The third kappa shape index (κ3) is 4.30. The molecule has 2 saturated heterocycles. The Bertz CT molecular complexity index is 807. The summed E-state index contributed by atoms with van der Waals surface area (Å²) in [6.45, 7) is 4.49. The third-order valence-electron chi connectivity index (χ3n) is 4.71. The first kappa shape index (κ1) is 20.2. The van der Waals surface area contributed by atoms with E-state index in [9.17, 15) is 23.6 Å². The molecule has 0 spiro atoms. The quantitative estimate of drug-likeness (QED) is 0.550. The number of hydrogen-bond donors (Lipinski definition) is 1. The molecule has 1 N–H and O–H groups in total. The van der Waals surface area contributed by atoms with Crippen LogP contribution < -0.4 is 0 Å². The zero-order valence-electron chi connectivity index (χ0n) is 15.3. The molecule has 5 atom stereocenters. The molecule has 0 saturated carbocycles. The van der Waals surface area contributed by atoms with E-state index in [4.69, 9.17) is 14.2 Å². The summed E-state index contributed by atoms with van der Waals surface area (Å²) >= 11 is 0. The van der Waals surface area contributed by atoms with Gasteiger partial charge in [0.05, 0.1) is 22.7 Å². The van der Waals surface area contributed by atoms with E-state index in [2.05, 4.69) is 0 Å². The number of nitro groups is 1. The van der Waals surface area contributed by atoms with Crippen LogP contribution in [-0.2, 0) is 24.0 Å². The van der Waals surface area contributed by atoms with Crippen molar-refractivity contribution in [1.82, 2.24) is 0 Å². The van der Waals surface area contributed by atoms with Crippen molar-refractivity contribution >= 4 is 9.84 Å². The number of benzene rings is 1. The van der Waals surface area contributed by atoms with Gasteiger partial charge in [-0.1, -0.05) is 17.7 Å². The zero-order valence-corrected chi connectivity index (χ0v) is 16.1. The van der Waals surface area contributed by atoms with Gasteiger partial charge >= 0.3 is 0 Å². The number of nitrogens with zero attached hydrogens (tertiary/aromatic N) is 1. The normalized spacial score (nSPS) is 30.8. The van der Waals surface area contributed by atoms with Gasteiger partial charge in [0, 0.05) is 4.92 Å². The van der Waals surface area contributed by atoms with Crippen molar-refractivity contribution in [3.05, 3.63) is 39.9 Å². The molecule has 2 aliphatic rings. The van der Waals surface area contributed by atoms with E-state index < -0.39 is 63.4 Å². The van der Waals surface area contributed by atoms with Crippen molar-refractivity contribution in [3.8, 4) is 0 Å². The Morgan fingerprint density at radius 2 is 1.89 bits per heavy atom. The molecule has 10 heteroatoms. The minimum atomic E-state index is -3.81. The molecule has 0 aromatic heterocycles. The van der Waals surface area contributed by atoms with Gasteiger partial charge in [0.2, 0.25) is 6.54 Å². The Kier molecular flexibility index (Phi) is 5.30. The fraction of sp³-hybridized carbons (Fsp3) is 0.647. The number of aliphatic hydroxyl groups is 1. The molecule has 1 aromatic rings. The molecule has 27 heavy (non-hydrogen) atoms. The van der Waals surface area contributed by atoms with Gasteiger partial charge < -0.3 is 19.3 Å². The predicted molar refractivity (Wildman–Crippen MR) is 93.3 cm³/mol. The van der Waals surface area contributed by atoms with E-state index in [0.29, 0.717) is 0 Å². The number of rotatable bonds is 6. The lowest BCUT2D eigenvalue weighted by Crippen LogP contribution is -2.43. The Morgan fingerprint density at radius 1 is 1.26 bits per heavy atom. The van der Waals surface area contributed by atoms with Gasteiger partial charge in [0.1, 0.15) is 12.2 Å². The molecule has 0 amide bonds. The van der Waals surface area contributed by atoms with Crippen molar-refractivity contribution in [3.63, 3.8) is 0 Å². The molecular formula is C17H23NO8S. The van der Waals surface area contributed by atoms with E-state index in [1.165, 1.54) is 12.1 Å². The van der Waals surface area contributed by atoms with E-state index in [-0.39, 0.29) is 4.90 Å². The SMILES string of the molecule is Cc1ccc(S(=O)(=O)CC(C[N+](=O)[O-])[C@H]2O[C@@H]3OC(C)(C)O[C@@H]3[C@H]2O)cc1. The molecule has 9 nitrogen and oxygen atoms in total. The van der Waals surface area contributed by atoms with Gasteiger partial charge in [0.15, 0.2) is 21.9 Å². The second kappa shape index (κ2) is 7.10. The Balaban J connectivity index is 1.81. The second-order valence-electron chi connectivity index (χ2n) is 7.43. The molecule has 1 unspecified atom stereocenters. The van der Waals surface area contributed by atoms with Crippen molar-refractivity contribution < 1.29 is 32.7 Å². The van der Waals surface area contributed by atoms with Crippen molar-refractivity contribution in [2.45, 2.75) is 56.1 Å². The van der Waals surface area contributed by atoms with Crippen LogP contribution in [0.15, 0.2) is 29.2 Å². The maximum atomic E-state index is 12.7. The van der Waals surface area contributed by atoms with Crippen LogP contribution in [0.2, 0.25) is 0 Å². The molecule has 2 heterocycles. The topological polar surface area (TPSA) is 125 Å². The molecule has 0 radical (unpaired) electrons. The van der Waals surface area contributed by atoms with E-state index in [0.717, 1.165) is 5.56 Å². The second-order valence-corrected chi connectivity index (χ2v) is 9.46. The van der Waals surface area contributed by atoms with Gasteiger partial charge in [-0.25, -0.2) is 8.42 Å². The van der Waals surface area contributed by atoms with Gasteiger partial charge in [-0.2, -0.15) is 0 Å². The summed E-state index contributed by atoms with van der Waals surface area (Å²) in [5.41, 5.74) is 0.898. The van der Waals surface area contributed by atoms with Crippen molar-refractivity contribution in [2.24, 2.45) is 5.92 Å². The van der Waals surface area contributed by atoms with Gasteiger partial charge in [-0.15, -0.1) is 0 Å². The summed E-state index contributed by atoms with van der Waals surface area (Å²) < 4.78 is 42.2. The lowest BCUT2D eigenvalue weighted by molar-refractivity contribution is -0.490. The van der Waals surface area contributed by atoms with Gasteiger partial charge in [0.25, 0.3) is 0 Å². The standard InChI is InChI=1S/C17H23NO8S/c1-10-4-6-12(7-5-10)27(22,23)9-11(8-18(20)21)14-13(19)15-16(24-14)26-17(2,3)25-15/h4-7,11,13-16,19H,8-9H2,1-3H3/t11?,13-,14+,15+,16+/m0/s1. The lowest BCUT2D eigenvalue weighted by atomic mass is 9.98. The van der Waals surface area contributed by atoms with Crippen LogP contribution in [0, 0.1) is 23.0 Å². The highest BCUT2D eigenvalue weighted by Gasteiger charge is 2.57. The van der Waals surface area contributed by atoms with Crippen LogP contribution >= 0.6 is 0 Å². The van der Waals surface area contributed by atoms with Gasteiger partial charge in [-0.05, 0) is 32.9 Å². The summed E-state index contributed by atoms with van der Waals surface area (Å²) in [7, 11) is -3.81. The smallest absolute Gasteiger partial charge is 0.210 e. The highest BCUT2D eigenvalue weighted by molar-refractivity contribution is 7.91. The fourth-order valence-corrected chi connectivity index (χ4v) is 5.07. The summed E-state index contributed by atoms with van der Waals surface area (Å²) in [4.78, 5) is 10.6. The van der Waals surface area contributed by atoms with Gasteiger partial charge in [-0.3, -0.25) is 10.1 Å². The summed E-state index contributed by atoms with van der Waals surface area (Å²) in [5.74, 6) is -2.53. The average molecular weight is 401 g/mol. The fourth-order valence-electron chi connectivity index (χ4n) is 3.47. The van der Waals surface area contributed by atoms with E-state index in [1.807, 2.05) is 6.92 Å². The Hall–Kier alpha value is -1.59. The number of fused-ring (bicyclic) bond motifs is 1. The van der Waals surface area contributed by atoms with E-state index in [1.54, 1.807) is 26.0 Å². The van der Waals surface area contributed by atoms with Crippen LogP contribution in [-0.4, -0.2) is 61.1 Å². The Labute approximate surface area is 157 Å². The maximum absolute atomic E-state index is 12.7. The highest BCUT2D eigenvalue weighted by atomic mass is 32.2. The molecule has 150 valence electrons. The van der Waals surface area contributed by atoms with Crippen LogP contribution in [0.3, 0.4) is 0 Å². The monoisotopic (exact) mass is 401 g/mol.